The SMILES string of the molecule is CCC1(COCCCCCOCc2ccc3sc4c(c3c2)c2ccccc2c2c4c3cc(COCCCCCOCC4(CC)COC4)ccc3n2-c2nc(-c3ccccc3)c3ccccc3n2)COC1. The predicted octanol–water partition coefficient (Wildman–Crippen LogP) is 14.2. The van der Waals surface area contributed by atoms with Gasteiger partial charge in [-0.05, 0) is 98.2 Å². The number of rotatable bonds is 24. The van der Waals surface area contributed by atoms with Crippen LogP contribution in [-0.2, 0) is 41.6 Å². The van der Waals surface area contributed by atoms with Crippen molar-refractivity contribution >= 4 is 75.0 Å². The molecule has 2 fully saturated rings. The smallest absolute Gasteiger partial charge is 0.235 e. The van der Waals surface area contributed by atoms with Crippen LogP contribution in [0.5, 0.6) is 0 Å². The number of ether oxygens (including phenoxy) is 6. The Morgan fingerprint density at radius 1 is 0.543 bits per heavy atom. The molecule has 0 aliphatic carbocycles. The minimum Gasteiger partial charge on any atom is -0.381 e. The molecular formula is C60H65N3O6S. The molecule has 0 atom stereocenters. The fourth-order valence-corrected chi connectivity index (χ4v) is 11.6. The summed E-state index contributed by atoms with van der Waals surface area (Å²) < 4.78 is 40.6. The van der Waals surface area contributed by atoms with Crippen molar-refractivity contribution in [2.75, 3.05) is 66.1 Å². The van der Waals surface area contributed by atoms with Gasteiger partial charge < -0.3 is 28.4 Å². The molecule has 3 aromatic heterocycles. The zero-order valence-corrected chi connectivity index (χ0v) is 41.6. The molecule has 0 radical (unpaired) electrons. The summed E-state index contributed by atoms with van der Waals surface area (Å²) in [7, 11) is 0. The zero-order chi connectivity index (χ0) is 47.3. The van der Waals surface area contributed by atoms with Crippen molar-refractivity contribution in [1.29, 1.82) is 0 Å². The molecule has 362 valence electrons. The third kappa shape index (κ3) is 9.48. The maximum Gasteiger partial charge on any atom is 0.235 e. The lowest BCUT2D eigenvalue weighted by atomic mass is 9.84. The first-order valence-electron chi connectivity index (χ1n) is 25.7. The Labute approximate surface area is 415 Å². The molecule has 6 aromatic carbocycles. The Morgan fingerprint density at radius 3 is 1.74 bits per heavy atom. The molecule has 0 spiro atoms. The number of thiophene rings is 1. The lowest BCUT2D eigenvalue weighted by Crippen LogP contribution is -2.45. The highest BCUT2D eigenvalue weighted by molar-refractivity contribution is 7.27. The Morgan fingerprint density at radius 2 is 1.11 bits per heavy atom. The van der Waals surface area contributed by atoms with Gasteiger partial charge in [0.05, 0.1) is 75.1 Å². The van der Waals surface area contributed by atoms with E-state index in [0.29, 0.717) is 25.8 Å². The van der Waals surface area contributed by atoms with Gasteiger partial charge in [0.25, 0.3) is 0 Å². The molecule has 2 aliphatic rings. The predicted molar refractivity (Wildman–Crippen MR) is 285 cm³/mol. The number of unbranched alkanes of at least 4 members (excludes halogenated alkanes) is 4. The fourth-order valence-electron chi connectivity index (χ4n) is 10.4. The summed E-state index contributed by atoms with van der Waals surface area (Å²) in [6, 6.07) is 41.5. The second kappa shape index (κ2) is 21.2. The van der Waals surface area contributed by atoms with Gasteiger partial charge in [-0.2, -0.15) is 0 Å². The van der Waals surface area contributed by atoms with Gasteiger partial charge in [0, 0.05) is 84.5 Å². The van der Waals surface area contributed by atoms with E-state index in [0.717, 1.165) is 150 Å². The van der Waals surface area contributed by atoms with Crippen molar-refractivity contribution in [3.63, 3.8) is 0 Å². The number of fused-ring (bicyclic) bond motifs is 11. The average molecular weight is 956 g/mol. The monoisotopic (exact) mass is 955 g/mol. The number of benzene rings is 6. The van der Waals surface area contributed by atoms with Crippen LogP contribution in [0.2, 0.25) is 0 Å². The number of para-hydroxylation sites is 1. The Hall–Kier alpha value is -5.30. The van der Waals surface area contributed by atoms with E-state index < -0.39 is 0 Å². The Bertz CT molecular complexity index is 3240. The van der Waals surface area contributed by atoms with Crippen LogP contribution in [0.25, 0.3) is 80.9 Å². The minimum atomic E-state index is 0.236. The summed E-state index contributed by atoms with van der Waals surface area (Å²) in [5.74, 6) is 0.655. The van der Waals surface area contributed by atoms with E-state index in [2.05, 4.69) is 134 Å². The number of hydrogen-bond donors (Lipinski definition) is 0. The lowest BCUT2D eigenvalue weighted by molar-refractivity contribution is -0.150. The first kappa shape index (κ1) is 47.0. The maximum absolute atomic E-state index is 6.39. The van der Waals surface area contributed by atoms with Gasteiger partial charge >= 0.3 is 0 Å². The first-order valence-corrected chi connectivity index (χ1v) is 26.5. The quantitative estimate of drug-likeness (QED) is 0.0554. The van der Waals surface area contributed by atoms with E-state index in [1.165, 1.54) is 47.3 Å². The van der Waals surface area contributed by atoms with Crippen molar-refractivity contribution < 1.29 is 28.4 Å². The van der Waals surface area contributed by atoms with Crippen molar-refractivity contribution in [2.45, 2.75) is 78.4 Å². The summed E-state index contributed by atoms with van der Waals surface area (Å²) in [6.45, 7) is 13.5. The summed E-state index contributed by atoms with van der Waals surface area (Å²) >= 11 is 1.87. The summed E-state index contributed by atoms with van der Waals surface area (Å²) in [5, 5.41) is 8.35. The first-order chi connectivity index (χ1) is 34.6. The van der Waals surface area contributed by atoms with Crippen molar-refractivity contribution in [2.24, 2.45) is 10.8 Å². The molecule has 70 heavy (non-hydrogen) atoms. The van der Waals surface area contributed by atoms with E-state index in [1.54, 1.807) is 0 Å². The minimum absolute atomic E-state index is 0.236. The van der Waals surface area contributed by atoms with Crippen LogP contribution < -0.4 is 0 Å². The fraction of sp³-hybridized carbons (Fsp3) is 0.400. The Kier molecular flexibility index (Phi) is 14.2. The average Bonchev–Trinajstić information content (AvgIpc) is 3.93. The molecule has 0 unspecified atom stereocenters. The van der Waals surface area contributed by atoms with Gasteiger partial charge in [-0.25, -0.2) is 9.97 Å². The maximum atomic E-state index is 6.39. The molecule has 0 saturated carbocycles. The van der Waals surface area contributed by atoms with Crippen LogP contribution in [-0.4, -0.2) is 80.6 Å². The van der Waals surface area contributed by atoms with E-state index in [9.17, 15) is 0 Å². The van der Waals surface area contributed by atoms with Gasteiger partial charge in [-0.15, -0.1) is 11.3 Å². The second-order valence-electron chi connectivity index (χ2n) is 19.9. The van der Waals surface area contributed by atoms with Crippen molar-refractivity contribution in [3.05, 3.63) is 126 Å². The topological polar surface area (TPSA) is 86.1 Å². The molecule has 9 aromatic rings. The van der Waals surface area contributed by atoms with Gasteiger partial charge in [-0.3, -0.25) is 4.57 Å². The summed E-state index contributed by atoms with van der Waals surface area (Å²) in [5.41, 5.74) is 7.89. The van der Waals surface area contributed by atoms with E-state index in [4.69, 9.17) is 38.4 Å². The molecule has 10 heteroatoms. The molecule has 0 amide bonds. The molecule has 11 rings (SSSR count). The highest BCUT2D eigenvalue weighted by Gasteiger charge is 2.37. The highest BCUT2D eigenvalue weighted by atomic mass is 32.1. The molecule has 2 aliphatic heterocycles. The number of aromatic nitrogens is 3. The molecule has 2 saturated heterocycles. The van der Waals surface area contributed by atoms with Crippen LogP contribution in [0.4, 0.5) is 0 Å². The second-order valence-corrected chi connectivity index (χ2v) is 20.9. The molecule has 0 bridgehead atoms. The summed E-state index contributed by atoms with van der Waals surface area (Å²) in [6.07, 6.45) is 8.52. The summed E-state index contributed by atoms with van der Waals surface area (Å²) in [4.78, 5) is 10.8. The van der Waals surface area contributed by atoms with Crippen LogP contribution in [0.1, 0.15) is 76.3 Å². The largest absolute Gasteiger partial charge is 0.381 e. The van der Waals surface area contributed by atoms with Crippen LogP contribution in [0, 0.1) is 10.8 Å². The molecular weight excluding hydrogens is 891 g/mol. The van der Waals surface area contributed by atoms with E-state index in [1.807, 2.05) is 11.3 Å². The van der Waals surface area contributed by atoms with Crippen molar-refractivity contribution in [1.82, 2.24) is 14.5 Å². The number of nitrogens with zero attached hydrogens (tertiary/aromatic N) is 3. The van der Waals surface area contributed by atoms with Crippen LogP contribution >= 0.6 is 11.3 Å². The van der Waals surface area contributed by atoms with Gasteiger partial charge in [0.2, 0.25) is 5.95 Å². The lowest BCUT2D eigenvalue weighted by Gasteiger charge is -2.40. The van der Waals surface area contributed by atoms with E-state index in [-0.39, 0.29) is 10.8 Å². The molecule has 9 nitrogen and oxygen atoms in total. The van der Waals surface area contributed by atoms with Gasteiger partial charge in [-0.1, -0.05) is 98.8 Å². The molecule has 5 heterocycles. The van der Waals surface area contributed by atoms with E-state index >= 15 is 0 Å². The third-order valence-electron chi connectivity index (χ3n) is 14.9. The van der Waals surface area contributed by atoms with Crippen LogP contribution in [0.3, 0.4) is 0 Å². The standard InChI is InChI=1S/C60H65N3O6S/c1-3-59(38-68-39-59)36-66-30-16-6-14-28-64-34-42-24-26-51-48(32-42)54-56(63(51)58-61-50-23-13-12-22-47(50)55(62-58)44-18-8-5-9-19-44)46-21-11-10-20-45(46)53-49-33-43(25-27-52(49)70-57(53)54)35-65-29-15-7-17-31-67-37-60(4-2)40-69-41-60/h5,8-13,18-27,32-33H,3-4,6-7,14-17,28-31,34-41H2,1-2H3. The highest BCUT2D eigenvalue weighted by Crippen LogP contribution is 2.48. The van der Waals surface area contributed by atoms with Gasteiger partial charge in [0.1, 0.15) is 0 Å². The van der Waals surface area contributed by atoms with Crippen LogP contribution in [0.15, 0.2) is 115 Å². The number of hydrogen-bond acceptors (Lipinski definition) is 9. The normalized spacial score (nSPS) is 15.5. The Balaban J connectivity index is 0.900. The van der Waals surface area contributed by atoms with Gasteiger partial charge in [0.15, 0.2) is 0 Å². The molecule has 0 N–H and O–H groups in total. The zero-order valence-electron chi connectivity index (χ0n) is 40.8. The third-order valence-corrected chi connectivity index (χ3v) is 16.1. The van der Waals surface area contributed by atoms with Crippen molar-refractivity contribution in [3.8, 4) is 17.2 Å².